The van der Waals surface area contributed by atoms with E-state index in [-0.39, 0.29) is 0 Å². The Bertz CT molecular complexity index is 196. The molecule has 2 rings (SSSR count). The molecule has 2 saturated heterocycles. The Hall–Kier alpha value is -0.340. The zero-order chi connectivity index (χ0) is 9.26. The van der Waals surface area contributed by atoms with E-state index in [0.717, 1.165) is 13.2 Å². The number of likely N-dealkylation sites (N-methyl/N-ethyl adjacent to an activating group) is 1. The predicted octanol–water partition coefficient (Wildman–Crippen LogP) is 1.82. The van der Waals surface area contributed by atoms with E-state index in [1.165, 1.54) is 19.3 Å². The topological polar surface area (TPSA) is 12.5 Å². The summed E-state index contributed by atoms with van der Waals surface area (Å²) in [5, 5.41) is 0. The lowest BCUT2D eigenvalue weighted by Crippen LogP contribution is -2.53. The van der Waals surface area contributed by atoms with Crippen LogP contribution < -0.4 is 0 Å². The molecule has 0 aromatic heterocycles. The number of piperidine rings is 1. The fourth-order valence-corrected chi connectivity index (χ4v) is 2.42. The molecule has 0 aromatic carbocycles. The summed E-state index contributed by atoms with van der Waals surface area (Å²) in [7, 11) is 2.24. The molecular formula is C11H19NO. The average molecular weight is 181 g/mol. The van der Waals surface area contributed by atoms with Crippen LogP contribution >= 0.6 is 0 Å². The highest BCUT2D eigenvalue weighted by Crippen LogP contribution is 2.29. The lowest BCUT2D eigenvalue weighted by atomic mass is 9.90. The first kappa shape index (κ1) is 9.22. The van der Waals surface area contributed by atoms with Gasteiger partial charge in [-0.15, -0.1) is 0 Å². The SMILES string of the molecule is CCC=C1CC2COCC(C1)N2C. The van der Waals surface area contributed by atoms with E-state index in [9.17, 15) is 0 Å². The quantitative estimate of drug-likeness (QED) is 0.572. The van der Waals surface area contributed by atoms with E-state index >= 15 is 0 Å². The molecule has 0 saturated carbocycles. The summed E-state index contributed by atoms with van der Waals surface area (Å²) < 4.78 is 5.56. The first-order valence-corrected chi connectivity index (χ1v) is 5.29. The molecule has 2 heterocycles. The van der Waals surface area contributed by atoms with Gasteiger partial charge in [-0.3, -0.25) is 4.90 Å². The third kappa shape index (κ3) is 1.79. The van der Waals surface area contributed by atoms with Crippen LogP contribution in [0, 0.1) is 0 Å². The van der Waals surface area contributed by atoms with Crippen molar-refractivity contribution in [2.24, 2.45) is 0 Å². The predicted molar refractivity (Wildman–Crippen MR) is 53.8 cm³/mol. The molecule has 0 aromatic rings. The Balaban J connectivity index is 2.07. The van der Waals surface area contributed by atoms with Crippen LogP contribution in [0.3, 0.4) is 0 Å². The van der Waals surface area contributed by atoms with Gasteiger partial charge in [-0.1, -0.05) is 18.6 Å². The van der Waals surface area contributed by atoms with Crippen LogP contribution in [-0.2, 0) is 4.74 Å². The highest BCUT2D eigenvalue weighted by molar-refractivity contribution is 5.12. The molecule has 2 aliphatic rings. The third-order valence-electron chi connectivity index (χ3n) is 3.26. The fraction of sp³-hybridized carbons (Fsp3) is 0.818. The second kappa shape index (κ2) is 3.81. The van der Waals surface area contributed by atoms with E-state index in [1.54, 1.807) is 5.57 Å². The maximum atomic E-state index is 5.56. The number of ether oxygens (including phenoxy) is 1. The first-order valence-electron chi connectivity index (χ1n) is 5.29. The Labute approximate surface area is 80.6 Å². The molecule has 0 spiro atoms. The van der Waals surface area contributed by atoms with E-state index in [4.69, 9.17) is 4.74 Å². The highest BCUT2D eigenvalue weighted by atomic mass is 16.5. The maximum Gasteiger partial charge on any atom is 0.0625 e. The van der Waals surface area contributed by atoms with Crippen molar-refractivity contribution in [3.05, 3.63) is 11.6 Å². The minimum Gasteiger partial charge on any atom is -0.378 e. The molecular weight excluding hydrogens is 162 g/mol. The van der Waals surface area contributed by atoms with E-state index in [0.29, 0.717) is 12.1 Å². The third-order valence-corrected chi connectivity index (χ3v) is 3.26. The number of nitrogens with zero attached hydrogens (tertiary/aromatic N) is 1. The molecule has 2 nitrogen and oxygen atoms in total. The van der Waals surface area contributed by atoms with Crippen LogP contribution in [0.4, 0.5) is 0 Å². The molecule has 2 fully saturated rings. The number of rotatable bonds is 1. The summed E-state index contributed by atoms with van der Waals surface area (Å²) >= 11 is 0. The van der Waals surface area contributed by atoms with Gasteiger partial charge >= 0.3 is 0 Å². The highest BCUT2D eigenvalue weighted by Gasteiger charge is 2.33. The monoisotopic (exact) mass is 181 g/mol. The normalized spacial score (nSPS) is 34.8. The molecule has 2 atom stereocenters. The van der Waals surface area contributed by atoms with Crippen LogP contribution in [0.25, 0.3) is 0 Å². The molecule has 0 amide bonds. The van der Waals surface area contributed by atoms with Crippen LogP contribution in [0.1, 0.15) is 26.2 Å². The Morgan fingerprint density at radius 3 is 2.54 bits per heavy atom. The van der Waals surface area contributed by atoms with Gasteiger partial charge in [-0.2, -0.15) is 0 Å². The van der Waals surface area contributed by atoms with Gasteiger partial charge < -0.3 is 4.74 Å². The van der Waals surface area contributed by atoms with Crippen molar-refractivity contribution in [3.8, 4) is 0 Å². The van der Waals surface area contributed by atoms with Gasteiger partial charge in [0.15, 0.2) is 0 Å². The van der Waals surface area contributed by atoms with Crippen LogP contribution in [0.2, 0.25) is 0 Å². The van der Waals surface area contributed by atoms with Crippen molar-refractivity contribution in [2.45, 2.75) is 38.3 Å². The zero-order valence-corrected chi connectivity index (χ0v) is 8.62. The molecule has 2 aliphatic heterocycles. The van der Waals surface area contributed by atoms with Gasteiger partial charge in [0.1, 0.15) is 0 Å². The van der Waals surface area contributed by atoms with Gasteiger partial charge in [0.05, 0.1) is 13.2 Å². The van der Waals surface area contributed by atoms with Crippen molar-refractivity contribution in [3.63, 3.8) is 0 Å². The molecule has 13 heavy (non-hydrogen) atoms. The molecule has 0 radical (unpaired) electrons. The molecule has 74 valence electrons. The Kier molecular flexibility index (Phi) is 2.70. The van der Waals surface area contributed by atoms with Gasteiger partial charge in [-0.25, -0.2) is 0 Å². The summed E-state index contributed by atoms with van der Waals surface area (Å²) in [6, 6.07) is 1.29. The summed E-state index contributed by atoms with van der Waals surface area (Å²) in [5.74, 6) is 0. The summed E-state index contributed by atoms with van der Waals surface area (Å²) in [5.41, 5.74) is 1.65. The molecule has 0 aliphatic carbocycles. The largest absolute Gasteiger partial charge is 0.378 e. The molecule has 0 N–H and O–H groups in total. The molecule has 2 bridgehead atoms. The van der Waals surface area contributed by atoms with Crippen molar-refractivity contribution in [1.29, 1.82) is 0 Å². The minimum absolute atomic E-state index is 0.644. The first-order chi connectivity index (χ1) is 6.31. The summed E-state index contributed by atoms with van der Waals surface area (Å²) in [4.78, 5) is 2.50. The van der Waals surface area contributed by atoms with E-state index in [2.05, 4.69) is 24.9 Å². The van der Waals surface area contributed by atoms with Crippen molar-refractivity contribution in [1.82, 2.24) is 4.90 Å². The van der Waals surface area contributed by atoms with Crippen molar-refractivity contribution < 1.29 is 4.74 Å². The van der Waals surface area contributed by atoms with Gasteiger partial charge in [0, 0.05) is 12.1 Å². The number of fused-ring (bicyclic) bond motifs is 2. The van der Waals surface area contributed by atoms with Gasteiger partial charge in [-0.05, 0) is 26.3 Å². The minimum atomic E-state index is 0.644. The second-order valence-corrected chi connectivity index (χ2v) is 4.19. The Morgan fingerprint density at radius 2 is 2.00 bits per heavy atom. The number of hydrogen-bond acceptors (Lipinski definition) is 2. The van der Waals surface area contributed by atoms with E-state index < -0.39 is 0 Å². The summed E-state index contributed by atoms with van der Waals surface area (Å²) in [6.07, 6.45) is 6.03. The Morgan fingerprint density at radius 1 is 1.38 bits per heavy atom. The standard InChI is InChI=1S/C11H19NO/c1-3-4-9-5-10-7-13-8-11(6-9)12(10)2/h4,10-11H,3,5-8H2,1-2H3. The number of allylic oxidation sites excluding steroid dienone is 1. The van der Waals surface area contributed by atoms with Crippen LogP contribution in [0.15, 0.2) is 11.6 Å². The number of hydrogen-bond donors (Lipinski definition) is 0. The molecule has 2 unspecified atom stereocenters. The van der Waals surface area contributed by atoms with Crippen LogP contribution in [-0.4, -0.2) is 37.2 Å². The summed E-state index contributed by atoms with van der Waals surface area (Å²) in [6.45, 7) is 4.07. The lowest BCUT2D eigenvalue weighted by Gasteiger charge is -2.44. The van der Waals surface area contributed by atoms with Crippen molar-refractivity contribution >= 4 is 0 Å². The maximum absolute atomic E-state index is 5.56. The lowest BCUT2D eigenvalue weighted by molar-refractivity contribution is -0.0476. The second-order valence-electron chi connectivity index (χ2n) is 4.19. The molecule has 2 heteroatoms. The van der Waals surface area contributed by atoms with E-state index in [1.807, 2.05) is 0 Å². The van der Waals surface area contributed by atoms with Gasteiger partial charge in [0.2, 0.25) is 0 Å². The van der Waals surface area contributed by atoms with Gasteiger partial charge in [0.25, 0.3) is 0 Å². The zero-order valence-electron chi connectivity index (χ0n) is 8.62. The van der Waals surface area contributed by atoms with Crippen molar-refractivity contribution in [2.75, 3.05) is 20.3 Å². The number of morpholine rings is 1. The average Bonchev–Trinajstić information content (AvgIpc) is 2.07. The van der Waals surface area contributed by atoms with Crippen LogP contribution in [0.5, 0.6) is 0 Å². The smallest absolute Gasteiger partial charge is 0.0625 e. The fourth-order valence-electron chi connectivity index (χ4n) is 2.42.